The van der Waals surface area contributed by atoms with E-state index in [0.29, 0.717) is 17.3 Å². The molecule has 2 aromatic rings. The Hall–Kier alpha value is -2.56. The first-order chi connectivity index (χ1) is 10.9. The molecule has 0 saturated carbocycles. The van der Waals surface area contributed by atoms with Crippen LogP contribution in [-0.2, 0) is 7.05 Å². The number of carbonyl (C=O) groups excluding carboxylic acids is 1. The summed E-state index contributed by atoms with van der Waals surface area (Å²) >= 11 is 0. The molecule has 122 valence electrons. The Bertz CT molecular complexity index is 733. The van der Waals surface area contributed by atoms with Gasteiger partial charge >= 0.3 is 0 Å². The quantitative estimate of drug-likeness (QED) is 0.923. The SMILES string of the molecule is CCN(c1ccc(NC(=O)c2ccn(C)c(=O)c2)cc1)C(C)C. The summed E-state index contributed by atoms with van der Waals surface area (Å²) in [6.07, 6.45) is 1.59. The number of nitrogens with zero attached hydrogens (tertiary/aromatic N) is 2. The molecule has 0 fully saturated rings. The lowest BCUT2D eigenvalue weighted by molar-refractivity contribution is 0.102. The minimum absolute atomic E-state index is 0.205. The maximum Gasteiger partial charge on any atom is 0.255 e. The molecular weight excluding hydrogens is 290 g/mol. The van der Waals surface area contributed by atoms with E-state index in [1.165, 1.54) is 10.6 Å². The highest BCUT2D eigenvalue weighted by atomic mass is 16.2. The number of nitrogens with one attached hydrogen (secondary N) is 1. The molecule has 0 unspecified atom stereocenters. The Balaban J connectivity index is 2.12. The van der Waals surface area contributed by atoms with Crippen LogP contribution in [0.1, 0.15) is 31.1 Å². The van der Waals surface area contributed by atoms with E-state index in [1.54, 1.807) is 19.3 Å². The van der Waals surface area contributed by atoms with Crippen molar-refractivity contribution in [1.29, 1.82) is 0 Å². The predicted octanol–water partition coefficient (Wildman–Crippen LogP) is 2.87. The second-order valence-corrected chi connectivity index (χ2v) is 5.75. The van der Waals surface area contributed by atoms with Gasteiger partial charge in [0.05, 0.1) is 0 Å². The molecule has 1 aromatic carbocycles. The van der Waals surface area contributed by atoms with Crippen LogP contribution in [0.5, 0.6) is 0 Å². The topological polar surface area (TPSA) is 54.3 Å². The molecule has 0 saturated heterocycles. The summed E-state index contributed by atoms with van der Waals surface area (Å²) in [5, 5.41) is 2.81. The molecule has 1 N–H and O–H groups in total. The van der Waals surface area contributed by atoms with E-state index in [1.807, 2.05) is 24.3 Å². The number of amides is 1. The summed E-state index contributed by atoms with van der Waals surface area (Å²) < 4.78 is 1.43. The molecule has 5 nitrogen and oxygen atoms in total. The molecule has 1 heterocycles. The highest BCUT2D eigenvalue weighted by molar-refractivity contribution is 6.04. The first-order valence-corrected chi connectivity index (χ1v) is 7.77. The fourth-order valence-corrected chi connectivity index (χ4v) is 2.48. The van der Waals surface area contributed by atoms with E-state index < -0.39 is 0 Å². The van der Waals surface area contributed by atoms with Gasteiger partial charge in [0.1, 0.15) is 0 Å². The maximum absolute atomic E-state index is 12.2. The lowest BCUT2D eigenvalue weighted by Gasteiger charge is -2.27. The van der Waals surface area contributed by atoms with Crippen LogP contribution in [0.2, 0.25) is 0 Å². The molecule has 1 aromatic heterocycles. The largest absolute Gasteiger partial charge is 0.369 e. The molecule has 1 amide bonds. The average molecular weight is 313 g/mol. The molecule has 0 radical (unpaired) electrons. The summed E-state index contributed by atoms with van der Waals surface area (Å²) in [6, 6.07) is 11.1. The van der Waals surface area contributed by atoms with Gasteiger partial charge in [-0.1, -0.05) is 0 Å². The van der Waals surface area contributed by atoms with Gasteiger partial charge in [-0.3, -0.25) is 9.59 Å². The van der Waals surface area contributed by atoms with Crippen molar-refractivity contribution >= 4 is 17.3 Å². The Morgan fingerprint density at radius 1 is 1.22 bits per heavy atom. The smallest absolute Gasteiger partial charge is 0.255 e. The summed E-state index contributed by atoms with van der Waals surface area (Å²) in [6.45, 7) is 7.34. The molecule has 0 atom stereocenters. The van der Waals surface area contributed by atoms with Crippen molar-refractivity contribution in [3.05, 3.63) is 58.5 Å². The van der Waals surface area contributed by atoms with Gasteiger partial charge in [-0.05, 0) is 51.1 Å². The Labute approximate surface area is 136 Å². The van der Waals surface area contributed by atoms with Crippen molar-refractivity contribution in [2.24, 2.45) is 7.05 Å². The number of aryl methyl sites for hydroxylation is 1. The van der Waals surface area contributed by atoms with Gasteiger partial charge in [0, 0.05) is 48.8 Å². The van der Waals surface area contributed by atoms with E-state index in [4.69, 9.17) is 0 Å². The second-order valence-electron chi connectivity index (χ2n) is 5.75. The molecule has 0 aliphatic heterocycles. The molecule has 0 aliphatic carbocycles. The lowest BCUT2D eigenvalue weighted by Crippen LogP contribution is -2.30. The number of aromatic nitrogens is 1. The standard InChI is InChI=1S/C18H23N3O2/c1-5-21(13(2)3)16-8-6-15(7-9-16)19-18(23)14-10-11-20(4)17(22)12-14/h6-13H,5H2,1-4H3,(H,19,23). The second kappa shape index (κ2) is 7.13. The van der Waals surface area contributed by atoms with E-state index in [9.17, 15) is 9.59 Å². The highest BCUT2D eigenvalue weighted by Gasteiger charge is 2.10. The lowest BCUT2D eigenvalue weighted by atomic mass is 10.2. The van der Waals surface area contributed by atoms with Crippen LogP contribution < -0.4 is 15.8 Å². The van der Waals surface area contributed by atoms with Crippen LogP contribution in [0.4, 0.5) is 11.4 Å². The third-order valence-electron chi connectivity index (χ3n) is 3.79. The maximum atomic E-state index is 12.2. The summed E-state index contributed by atoms with van der Waals surface area (Å²) in [5.74, 6) is -0.286. The number of pyridine rings is 1. The van der Waals surface area contributed by atoms with Crippen LogP contribution >= 0.6 is 0 Å². The number of hydrogen-bond donors (Lipinski definition) is 1. The van der Waals surface area contributed by atoms with Crippen molar-refractivity contribution < 1.29 is 4.79 Å². The number of rotatable bonds is 5. The van der Waals surface area contributed by atoms with Gasteiger partial charge in [0.2, 0.25) is 0 Å². The van der Waals surface area contributed by atoms with Gasteiger partial charge in [-0.2, -0.15) is 0 Å². The molecule has 23 heavy (non-hydrogen) atoms. The van der Waals surface area contributed by atoms with E-state index in [-0.39, 0.29) is 11.5 Å². The van der Waals surface area contributed by atoms with E-state index >= 15 is 0 Å². The third-order valence-corrected chi connectivity index (χ3v) is 3.79. The first-order valence-electron chi connectivity index (χ1n) is 7.77. The van der Waals surface area contributed by atoms with Crippen LogP contribution in [-0.4, -0.2) is 23.1 Å². The zero-order valence-electron chi connectivity index (χ0n) is 14.0. The molecule has 0 bridgehead atoms. The predicted molar refractivity (Wildman–Crippen MR) is 94.2 cm³/mol. The van der Waals surface area contributed by atoms with Gasteiger partial charge in [-0.15, -0.1) is 0 Å². The number of anilines is 2. The van der Waals surface area contributed by atoms with Gasteiger partial charge < -0.3 is 14.8 Å². The molecule has 0 spiro atoms. The van der Waals surface area contributed by atoms with E-state index in [2.05, 4.69) is 31.0 Å². The number of hydrogen-bond acceptors (Lipinski definition) is 3. The summed E-state index contributed by atoms with van der Waals surface area (Å²) in [4.78, 5) is 26.1. The van der Waals surface area contributed by atoms with Gasteiger partial charge in [-0.25, -0.2) is 0 Å². The monoisotopic (exact) mass is 313 g/mol. The summed E-state index contributed by atoms with van der Waals surface area (Å²) in [5.41, 5.74) is 1.98. The molecule has 2 rings (SSSR count). The zero-order valence-corrected chi connectivity index (χ0v) is 14.0. The van der Waals surface area contributed by atoms with Crippen LogP contribution in [0.3, 0.4) is 0 Å². The number of benzene rings is 1. The highest BCUT2D eigenvalue weighted by Crippen LogP contribution is 2.20. The first kappa shape index (κ1) is 16.8. The fourth-order valence-electron chi connectivity index (χ4n) is 2.48. The number of carbonyl (C=O) groups is 1. The Morgan fingerprint density at radius 2 is 1.87 bits per heavy atom. The Kier molecular flexibility index (Phi) is 5.21. The van der Waals surface area contributed by atoms with Crippen LogP contribution in [0, 0.1) is 0 Å². The van der Waals surface area contributed by atoms with Crippen molar-refractivity contribution in [1.82, 2.24) is 4.57 Å². The Morgan fingerprint density at radius 3 is 2.39 bits per heavy atom. The van der Waals surface area contributed by atoms with Crippen molar-refractivity contribution in [2.75, 3.05) is 16.8 Å². The van der Waals surface area contributed by atoms with Crippen molar-refractivity contribution in [3.8, 4) is 0 Å². The third kappa shape index (κ3) is 4.00. The van der Waals surface area contributed by atoms with Crippen LogP contribution in [0.15, 0.2) is 47.4 Å². The van der Waals surface area contributed by atoms with Gasteiger partial charge in [0.15, 0.2) is 0 Å². The fraction of sp³-hybridized carbons (Fsp3) is 0.333. The summed E-state index contributed by atoms with van der Waals surface area (Å²) in [7, 11) is 1.65. The molecular formula is C18H23N3O2. The van der Waals surface area contributed by atoms with Crippen molar-refractivity contribution in [3.63, 3.8) is 0 Å². The molecule has 0 aliphatic rings. The normalized spacial score (nSPS) is 10.7. The van der Waals surface area contributed by atoms with E-state index in [0.717, 1.165) is 12.2 Å². The average Bonchev–Trinajstić information content (AvgIpc) is 2.52. The van der Waals surface area contributed by atoms with Gasteiger partial charge in [0.25, 0.3) is 11.5 Å². The minimum atomic E-state index is -0.286. The zero-order chi connectivity index (χ0) is 17.0. The minimum Gasteiger partial charge on any atom is -0.369 e. The molecule has 5 heteroatoms. The van der Waals surface area contributed by atoms with Crippen molar-refractivity contribution in [2.45, 2.75) is 26.8 Å². The van der Waals surface area contributed by atoms with Crippen LogP contribution in [0.25, 0.3) is 0 Å².